The van der Waals surface area contributed by atoms with Crippen LogP contribution in [0.25, 0.3) is 0 Å². The zero-order valence-electron chi connectivity index (χ0n) is 16.5. The predicted octanol–water partition coefficient (Wildman–Crippen LogP) is 5.31. The second kappa shape index (κ2) is 10.2. The molecule has 0 fully saturated rings. The monoisotopic (exact) mass is 389 g/mol. The summed E-state index contributed by atoms with van der Waals surface area (Å²) in [5.74, 6) is 0.275. The van der Waals surface area contributed by atoms with Crippen LogP contribution >= 0.6 is 7.05 Å². The fourth-order valence-corrected chi connectivity index (χ4v) is 7.14. The summed E-state index contributed by atoms with van der Waals surface area (Å²) in [6.45, 7) is 2.48. The van der Waals surface area contributed by atoms with Crippen molar-refractivity contribution in [1.82, 2.24) is 0 Å². The van der Waals surface area contributed by atoms with Crippen LogP contribution in [0.2, 0.25) is 0 Å². The van der Waals surface area contributed by atoms with Crippen LogP contribution < -0.4 is 15.9 Å². The molecule has 0 atom stereocenters. The van der Waals surface area contributed by atoms with Gasteiger partial charge in [-0.3, -0.25) is 4.74 Å². The maximum atomic E-state index is 11.2. The molecule has 0 saturated heterocycles. The quantitative estimate of drug-likeness (QED) is 0.360. The number of Topliss-reactive ketones (excluding diaryl/α,β-unsaturated/α-hetero) is 1. The van der Waals surface area contributed by atoms with E-state index in [1.54, 1.807) is 6.92 Å². The van der Waals surface area contributed by atoms with Crippen LogP contribution in [0.15, 0.2) is 95.7 Å². The Kier molecular flexibility index (Phi) is 7.39. The lowest BCUT2D eigenvalue weighted by Crippen LogP contribution is -2.25. The molecule has 144 valence electrons. The minimum atomic E-state index is -2.06. The molecule has 3 heteroatoms. The van der Waals surface area contributed by atoms with Crippen molar-refractivity contribution >= 4 is 28.8 Å². The standard InChI is InChI=1S/C25H28NOP/c1-22(27)14-6-5-13-21-26-28(23-15-7-2-8-16-23,24-17-9-3-10-18-24)25-19-11-4-12-20-25/h2-4,7-12,15-20H,5-6,13-14,21H2,1H3. The minimum Gasteiger partial charge on any atom is -0.300 e. The van der Waals surface area contributed by atoms with E-state index < -0.39 is 7.05 Å². The third-order valence-corrected chi connectivity index (χ3v) is 8.65. The van der Waals surface area contributed by atoms with Crippen molar-refractivity contribution < 1.29 is 4.79 Å². The smallest absolute Gasteiger partial charge is 0.129 e. The van der Waals surface area contributed by atoms with Crippen molar-refractivity contribution in [2.24, 2.45) is 4.74 Å². The van der Waals surface area contributed by atoms with Crippen LogP contribution in [0.5, 0.6) is 0 Å². The summed E-state index contributed by atoms with van der Waals surface area (Å²) in [5, 5.41) is 3.86. The average Bonchev–Trinajstić information content (AvgIpc) is 2.75. The molecule has 0 heterocycles. The number of rotatable bonds is 9. The van der Waals surface area contributed by atoms with Gasteiger partial charge in [0.2, 0.25) is 0 Å². The number of carbonyl (C=O) groups is 1. The summed E-state index contributed by atoms with van der Waals surface area (Å²) in [6.07, 6.45) is 3.69. The van der Waals surface area contributed by atoms with E-state index in [2.05, 4.69) is 91.0 Å². The Balaban J connectivity index is 2.04. The lowest BCUT2D eigenvalue weighted by Gasteiger charge is -2.27. The molecular formula is C25H28NOP. The van der Waals surface area contributed by atoms with Crippen LogP contribution in [0.4, 0.5) is 0 Å². The van der Waals surface area contributed by atoms with E-state index in [0.29, 0.717) is 6.42 Å². The lowest BCUT2D eigenvalue weighted by molar-refractivity contribution is -0.117. The molecule has 0 N–H and O–H groups in total. The molecule has 3 aromatic rings. The van der Waals surface area contributed by atoms with Crippen LogP contribution in [0.3, 0.4) is 0 Å². The zero-order valence-corrected chi connectivity index (χ0v) is 17.4. The van der Waals surface area contributed by atoms with Gasteiger partial charge in [-0.1, -0.05) is 97.4 Å². The maximum Gasteiger partial charge on any atom is 0.129 e. The van der Waals surface area contributed by atoms with Gasteiger partial charge in [-0.15, -0.1) is 0 Å². The molecule has 0 aliphatic rings. The summed E-state index contributed by atoms with van der Waals surface area (Å²) in [5.41, 5.74) is 0. The summed E-state index contributed by atoms with van der Waals surface area (Å²) in [7, 11) is -2.06. The molecular weight excluding hydrogens is 361 g/mol. The molecule has 0 amide bonds. The highest BCUT2D eigenvalue weighted by atomic mass is 31.2. The third-order valence-electron chi connectivity index (χ3n) is 4.89. The number of unbranched alkanes of at least 4 members (excludes halogenated alkanes) is 2. The van der Waals surface area contributed by atoms with Crippen molar-refractivity contribution in [2.45, 2.75) is 32.6 Å². The number of carbonyl (C=O) groups excluding carboxylic acids is 1. The molecule has 2 nitrogen and oxygen atoms in total. The lowest BCUT2D eigenvalue weighted by atomic mass is 10.1. The second-order valence-electron chi connectivity index (χ2n) is 7.02. The fourth-order valence-electron chi connectivity index (χ4n) is 3.51. The van der Waals surface area contributed by atoms with E-state index in [1.807, 2.05) is 0 Å². The van der Waals surface area contributed by atoms with Gasteiger partial charge < -0.3 is 4.79 Å². The van der Waals surface area contributed by atoms with Gasteiger partial charge in [-0.25, -0.2) is 0 Å². The number of benzene rings is 3. The van der Waals surface area contributed by atoms with Gasteiger partial charge in [-0.05, 0) is 19.8 Å². The number of ketones is 1. The molecule has 0 unspecified atom stereocenters. The molecule has 0 spiro atoms. The molecule has 0 aromatic heterocycles. The summed E-state index contributed by atoms with van der Waals surface area (Å²) >= 11 is 0. The van der Waals surface area contributed by atoms with Crippen molar-refractivity contribution in [3.8, 4) is 0 Å². The van der Waals surface area contributed by atoms with Gasteiger partial charge in [0.25, 0.3) is 0 Å². The molecule has 0 aliphatic carbocycles. The SMILES string of the molecule is CC(=O)CCCCCN=P(c1ccccc1)(c1ccccc1)c1ccccc1. The van der Waals surface area contributed by atoms with Crippen molar-refractivity contribution in [1.29, 1.82) is 0 Å². The first-order chi connectivity index (χ1) is 13.7. The van der Waals surface area contributed by atoms with Crippen LogP contribution in [0, 0.1) is 0 Å². The Morgan fingerprint density at radius 1 is 0.679 bits per heavy atom. The van der Waals surface area contributed by atoms with Crippen molar-refractivity contribution in [3.05, 3.63) is 91.0 Å². The molecule has 3 rings (SSSR count). The third kappa shape index (κ3) is 4.88. The highest BCUT2D eigenvalue weighted by Crippen LogP contribution is 2.46. The van der Waals surface area contributed by atoms with Crippen molar-refractivity contribution in [2.75, 3.05) is 6.54 Å². The Bertz CT molecular complexity index is 817. The first kappa shape index (κ1) is 20.3. The van der Waals surface area contributed by atoms with Crippen LogP contribution in [-0.4, -0.2) is 12.3 Å². The van der Waals surface area contributed by atoms with E-state index in [0.717, 1.165) is 25.8 Å². The largest absolute Gasteiger partial charge is 0.300 e. The van der Waals surface area contributed by atoms with Crippen molar-refractivity contribution in [3.63, 3.8) is 0 Å². The van der Waals surface area contributed by atoms with Gasteiger partial charge in [0, 0.05) is 28.9 Å². The predicted molar refractivity (Wildman–Crippen MR) is 122 cm³/mol. The summed E-state index contributed by atoms with van der Waals surface area (Å²) < 4.78 is 5.41. The van der Waals surface area contributed by atoms with E-state index in [-0.39, 0.29) is 5.78 Å². The van der Waals surface area contributed by atoms with Gasteiger partial charge in [0.15, 0.2) is 0 Å². The molecule has 0 saturated carbocycles. The van der Waals surface area contributed by atoms with Gasteiger partial charge in [-0.2, -0.15) is 0 Å². The highest BCUT2D eigenvalue weighted by Gasteiger charge is 2.26. The Morgan fingerprint density at radius 3 is 1.50 bits per heavy atom. The van der Waals surface area contributed by atoms with E-state index in [9.17, 15) is 4.79 Å². The second-order valence-corrected chi connectivity index (χ2v) is 10.1. The number of hydrogen-bond acceptors (Lipinski definition) is 2. The Labute approximate surface area is 168 Å². The Morgan fingerprint density at radius 2 is 1.11 bits per heavy atom. The summed E-state index contributed by atoms with van der Waals surface area (Å²) in [6, 6.07) is 32.1. The van der Waals surface area contributed by atoms with Gasteiger partial charge in [0.05, 0.1) is 7.05 Å². The molecule has 0 bridgehead atoms. The van der Waals surface area contributed by atoms with E-state index in [1.165, 1.54) is 15.9 Å². The normalized spacial score (nSPS) is 11.2. The molecule has 28 heavy (non-hydrogen) atoms. The minimum absolute atomic E-state index is 0.275. The fraction of sp³-hybridized carbons (Fsp3) is 0.240. The molecule has 3 aromatic carbocycles. The summed E-state index contributed by atoms with van der Waals surface area (Å²) in [4.78, 5) is 11.2. The average molecular weight is 389 g/mol. The van der Waals surface area contributed by atoms with Crippen LogP contribution in [0.1, 0.15) is 32.6 Å². The molecule has 0 aliphatic heterocycles. The molecule has 0 radical (unpaired) electrons. The first-order valence-corrected chi connectivity index (χ1v) is 11.7. The Hall–Kier alpha value is -2.44. The first-order valence-electron chi connectivity index (χ1n) is 9.98. The van der Waals surface area contributed by atoms with E-state index in [4.69, 9.17) is 4.74 Å². The highest BCUT2D eigenvalue weighted by molar-refractivity contribution is 7.87. The van der Waals surface area contributed by atoms with Gasteiger partial charge >= 0.3 is 0 Å². The van der Waals surface area contributed by atoms with Crippen LogP contribution in [-0.2, 0) is 4.79 Å². The number of hydrogen-bond donors (Lipinski definition) is 0. The zero-order chi connectivity index (χ0) is 19.7. The number of nitrogens with zero attached hydrogens (tertiary/aromatic N) is 1. The maximum absolute atomic E-state index is 11.2. The van der Waals surface area contributed by atoms with E-state index >= 15 is 0 Å². The van der Waals surface area contributed by atoms with Gasteiger partial charge in [0.1, 0.15) is 5.78 Å². The topological polar surface area (TPSA) is 29.4 Å².